The van der Waals surface area contributed by atoms with Gasteiger partial charge >= 0.3 is 0 Å². The Labute approximate surface area is 220 Å². The number of hydrogen-bond acceptors (Lipinski definition) is 6. The number of imide groups is 1. The molecular formula is C29H28N2O5S. The van der Waals surface area contributed by atoms with Gasteiger partial charge in [-0.2, -0.15) is 0 Å². The number of anilines is 1. The van der Waals surface area contributed by atoms with E-state index in [2.05, 4.69) is 5.32 Å². The summed E-state index contributed by atoms with van der Waals surface area (Å²) < 4.78 is 11.1. The second-order valence-corrected chi connectivity index (χ2v) is 9.53. The van der Waals surface area contributed by atoms with E-state index in [0.717, 1.165) is 23.7 Å². The Balaban J connectivity index is 1.35. The van der Waals surface area contributed by atoms with Crippen molar-refractivity contribution >= 4 is 40.6 Å². The standard InChI is InChI=1S/C29H28N2O5S/c1-20-10-13-23(14-11-20)30-27(32)19-36-24-15-12-22(17-25(24)35-2)18-26-28(33)31(29(34)37-26)16-6-9-21-7-4-3-5-8-21/h3-5,7-8,10-15,17-18H,6,9,16,19H2,1-2H3,(H,30,32)/b26-18+. The first-order valence-corrected chi connectivity index (χ1v) is 12.7. The molecule has 0 atom stereocenters. The number of rotatable bonds is 10. The number of aryl methyl sites for hydroxylation is 2. The maximum Gasteiger partial charge on any atom is 0.293 e. The van der Waals surface area contributed by atoms with E-state index >= 15 is 0 Å². The second-order valence-electron chi connectivity index (χ2n) is 8.54. The molecule has 0 unspecified atom stereocenters. The number of ether oxygens (including phenoxy) is 2. The number of thioether (sulfide) groups is 1. The minimum Gasteiger partial charge on any atom is -0.493 e. The molecule has 3 aromatic carbocycles. The number of carbonyl (C=O) groups excluding carboxylic acids is 3. The lowest BCUT2D eigenvalue weighted by atomic mass is 10.1. The molecule has 1 aliphatic heterocycles. The number of methoxy groups -OCH3 is 1. The fourth-order valence-electron chi connectivity index (χ4n) is 3.80. The Hall–Kier alpha value is -4.04. The predicted molar refractivity (Wildman–Crippen MR) is 146 cm³/mol. The summed E-state index contributed by atoms with van der Waals surface area (Å²) in [6.45, 7) is 2.16. The van der Waals surface area contributed by atoms with Gasteiger partial charge in [0, 0.05) is 12.2 Å². The molecule has 0 bridgehead atoms. The van der Waals surface area contributed by atoms with E-state index in [1.165, 1.54) is 17.6 Å². The van der Waals surface area contributed by atoms with Gasteiger partial charge < -0.3 is 14.8 Å². The summed E-state index contributed by atoms with van der Waals surface area (Å²) in [5, 5.41) is 2.51. The molecule has 0 radical (unpaired) electrons. The lowest BCUT2D eigenvalue weighted by Crippen LogP contribution is -2.29. The fourth-order valence-corrected chi connectivity index (χ4v) is 4.67. The van der Waals surface area contributed by atoms with Gasteiger partial charge in [-0.05, 0) is 73.0 Å². The molecule has 1 heterocycles. The second kappa shape index (κ2) is 12.3. The van der Waals surface area contributed by atoms with Gasteiger partial charge in [-0.25, -0.2) is 0 Å². The molecule has 4 rings (SSSR count). The third-order valence-electron chi connectivity index (χ3n) is 5.74. The Morgan fingerprint density at radius 1 is 1.00 bits per heavy atom. The highest BCUT2D eigenvalue weighted by Gasteiger charge is 2.34. The normalized spacial score (nSPS) is 14.2. The Morgan fingerprint density at radius 3 is 2.49 bits per heavy atom. The number of nitrogens with zero attached hydrogens (tertiary/aromatic N) is 1. The summed E-state index contributed by atoms with van der Waals surface area (Å²) in [7, 11) is 1.50. The summed E-state index contributed by atoms with van der Waals surface area (Å²) in [5.74, 6) is 0.220. The molecule has 3 aromatic rings. The van der Waals surface area contributed by atoms with Crippen molar-refractivity contribution in [2.45, 2.75) is 19.8 Å². The molecule has 0 spiro atoms. The van der Waals surface area contributed by atoms with E-state index in [1.807, 2.05) is 61.5 Å². The van der Waals surface area contributed by atoms with Gasteiger partial charge in [0.1, 0.15) is 0 Å². The number of nitrogens with one attached hydrogen (secondary N) is 1. The van der Waals surface area contributed by atoms with Gasteiger partial charge in [0.25, 0.3) is 17.1 Å². The van der Waals surface area contributed by atoms with Crippen LogP contribution in [0.1, 0.15) is 23.1 Å². The van der Waals surface area contributed by atoms with Gasteiger partial charge in [-0.1, -0.05) is 54.1 Å². The molecule has 1 N–H and O–H groups in total. The number of carbonyl (C=O) groups is 3. The highest BCUT2D eigenvalue weighted by atomic mass is 32.2. The van der Waals surface area contributed by atoms with Crippen LogP contribution in [-0.4, -0.2) is 42.2 Å². The van der Waals surface area contributed by atoms with Crippen molar-refractivity contribution in [2.75, 3.05) is 25.6 Å². The van der Waals surface area contributed by atoms with Crippen LogP contribution in [0.3, 0.4) is 0 Å². The molecule has 37 heavy (non-hydrogen) atoms. The van der Waals surface area contributed by atoms with E-state index in [4.69, 9.17) is 9.47 Å². The van der Waals surface area contributed by atoms with Crippen LogP contribution in [0.2, 0.25) is 0 Å². The molecule has 8 heteroatoms. The topological polar surface area (TPSA) is 84.9 Å². The molecule has 3 amide bonds. The first-order valence-electron chi connectivity index (χ1n) is 11.9. The molecule has 190 valence electrons. The molecule has 7 nitrogen and oxygen atoms in total. The number of hydrogen-bond donors (Lipinski definition) is 1. The monoisotopic (exact) mass is 516 g/mol. The summed E-state index contributed by atoms with van der Waals surface area (Å²) in [4.78, 5) is 39.2. The molecule has 0 aromatic heterocycles. The average molecular weight is 517 g/mol. The van der Waals surface area contributed by atoms with Crippen molar-refractivity contribution in [3.8, 4) is 11.5 Å². The van der Waals surface area contributed by atoms with Crippen LogP contribution >= 0.6 is 11.8 Å². The third-order valence-corrected chi connectivity index (χ3v) is 6.65. The van der Waals surface area contributed by atoms with Gasteiger partial charge in [0.05, 0.1) is 12.0 Å². The molecule has 0 aliphatic carbocycles. The average Bonchev–Trinajstić information content (AvgIpc) is 3.17. The van der Waals surface area contributed by atoms with Crippen molar-refractivity contribution < 1.29 is 23.9 Å². The Kier molecular flexibility index (Phi) is 8.64. The summed E-state index contributed by atoms with van der Waals surface area (Å²) >= 11 is 0.930. The van der Waals surface area contributed by atoms with Crippen LogP contribution in [0.4, 0.5) is 10.5 Å². The SMILES string of the molecule is COc1cc(/C=C2/SC(=O)N(CCCc3ccccc3)C2=O)ccc1OCC(=O)Nc1ccc(C)cc1. The van der Waals surface area contributed by atoms with E-state index in [0.29, 0.717) is 40.6 Å². The highest BCUT2D eigenvalue weighted by Crippen LogP contribution is 2.34. The third kappa shape index (κ3) is 7.01. The van der Waals surface area contributed by atoms with Crippen molar-refractivity contribution in [1.82, 2.24) is 4.90 Å². The molecule has 1 aliphatic rings. The predicted octanol–water partition coefficient (Wildman–Crippen LogP) is 5.69. The van der Waals surface area contributed by atoms with Crippen LogP contribution in [0, 0.1) is 6.92 Å². The minimum absolute atomic E-state index is 0.189. The van der Waals surface area contributed by atoms with E-state index in [1.54, 1.807) is 24.3 Å². The first kappa shape index (κ1) is 26.0. The molecule has 1 fully saturated rings. The minimum atomic E-state index is -0.296. The number of benzene rings is 3. The van der Waals surface area contributed by atoms with Crippen LogP contribution in [0.25, 0.3) is 6.08 Å². The Bertz CT molecular complexity index is 1310. The van der Waals surface area contributed by atoms with Crippen LogP contribution in [-0.2, 0) is 16.0 Å². The van der Waals surface area contributed by atoms with Gasteiger partial charge in [0.15, 0.2) is 18.1 Å². The zero-order chi connectivity index (χ0) is 26.2. The summed E-state index contributed by atoms with van der Waals surface area (Å²) in [6.07, 6.45) is 3.16. The van der Waals surface area contributed by atoms with Gasteiger partial charge in [-0.15, -0.1) is 0 Å². The van der Waals surface area contributed by atoms with Crippen molar-refractivity contribution in [3.05, 3.63) is 94.4 Å². The maximum atomic E-state index is 12.8. The summed E-state index contributed by atoms with van der Waals surface area (Å²) in [6, 6.07) is 22.6. The lowest BCUT2D eigenvalue weighted by Gasteiger charge is -2.12. The fraction of sp³-hybridized carbons (Fsp3) is 0.207. The van der Waals surface area contributed by atoms with Gasteiger partial charge in [0.2, 0.25) is 0 Å². The largest absolute Gasteiger partial charge is 0.493 e. The molecule has 1 saturated heterocycles. The zero-order valence-corrected chi connectivity index (χ0v) is 21.5. The Morgan fingerprint density at radius 2 is 1.76 bits per heavy atom. The number of amides is 3. The highest BCUT2D eigenvalue weighted by molar-refractivity contribution is 8.18. The smallest absolute Gasteiger partial charge is 0.293 e. The van der Waals surface area contributed by atoms with Crippen molar-refractivity contribution in [1.29, 1.82) is 0 Å². The quantitative estimate of drug-likeness (QED) is 0.349. The zero-order valence-electron chi connectivity index (χ0n) is 20.7. The van der Waals surface area contributed by atoms with E-state index in [9.17, 15) is 14.4 Å². The van der Waals surface area contributed by atoms with E-state index in [-0.39, 0.29) is 23.7 Å². The molecule has 0 saturated carbocycles. The van der Waals surface area contributed by atoms with Gasteiger partial charge in [-0.3, -0.25) is 19.3 Å². The first-order chi connectivity index (χ1) is 17.9. The summed E-state index contributed by atoms with van der Waals surface area (Å²) in [5.41, 5.74) is 3.65. The van der Waals surface area contributed by atoms with E-state index < -0.39 is 0 Å². The van der Waals surface area contributed by atoms with Crippen LogP contribution < -0.4 is 14.8 Å². The van der Waals surface area contributed by atoms with Crippen LogP contribution in [0.5, 0.6) is 11.5 Å². The van der Waals surface area contributed by atoms with Crippen molar-refractivity contribution in [3.63, 3.8) is 0 Å². The van der Waals surface area contributed by atoms with Crippen LogP contribution in [0.15, 0.2) is 77.7 Å². The van der Waals surface area contributed by atoms with Crippen molar-refractivity contribution in [2.24, 2.45) is 0 Å². The maximum absolute atomic E-state index is 12.8. The lowest BCUT2D eigenvalue weighted by molar-refractivity contribution is -0.122. The molecular weight excluding hydrogens is 488 g/mol.